The lowest BCUT2D eigenvalue weighted by Gasteiger charge is -2.25. The number of primary amides is 1. The van der Waals surface area contributed by atoms with E-state index in [1.807, 2.05) is 20.8 Å². The first-order chi connectivity index (χ1) is 9.60. The van der Waals surface area contributed by atoms with E-state index in [-0.39, 0.29) is 24.3 Å². The number of hydrogen-bond acceptors (Lipinski definition) is 4. The van der Waals surface area contributed by atoms with Gasteiger partial charge < -0.3 is 20.3 Å². The van der Waals surface area contributed by atoms with Crippen molar-refractivity contribution in [1.29, 1.82) is 0 Å². The monoisotopic (exact) mass is 299 g/mol. The maximum atomic E-state index is 11.8. The number of nitrogens with two attached hydrogens (primary N) is 1. The lowest BCUT2D eigenvalue weighted by molar-refractivity contribution is -0.128. The molecule has 1 saturated heterocycles. The number of ether oxygens (including phenoxy) is 1. The molecule has 0 radical (unpaired) electrons. The second-order valence-corrected chi connectivity index (χ2v) is 6.40. The Labute approximate surface area is 125 Å². The maximum absolute atomic E-state index is 11.8. The standard InChI is InChI=1S/C14H25N3O4/c1-14(2,3)21-13(20)16(4)6-5-7-17-9-10(12(15)19)8-11(17)18/h10H,5-9H2,1-4H3,(H2,15,19). The molecule has 1 fully saturated rings. The first-order valence-corrected chi connectivity index (χ1v) is 7.11. The first kappa shape index (κ1) is 17.3. The number of rotatable bonds is 5. The zero-order valence-electron chi connectivity index (χ0n) is 13.2. The zero-order chi connectivity index (χ0) is 16.2. The number of carbonyl (C=O) groups excluding carboxylic acids is 3. The van der Waals surface area contributed by atoms with Crippen LogP contribution in [0, 0.1) is 5.92 Å². The van der Waals surface area contributed by atoms with Gasteiger partial charge >= 0.3 is 6.09 Å². The van der Waals surface area contributed by atoms with E-state index < -0.39 is 11.5 Å². The van der Waals surface area contributed by atoms with Gasteiger partial charge in [0.05, 0.1) is 5.92 Å². The van der Waals surface area contributed by atoms with Gasteiger partial charge in [-0.15, -0.1) is 0 Å². The van der Waals surface area contributed by atoms with Crippen molar-refractivity contribution >= 4 is 17.9 Å². The summed E-state index contributed by atoms with van der Waals surface area (Å²) in [4.78, 5) is 37.6. The van der Waals surface area contributed by atoms with Crippen LogP contribution in [-0.2, 0) is 14.3 Å². The SMILES string of the molecule is CN(CCCN1CC(C(N)=O)CC1=O)C(=O)OC(C)(C)C. The second kappa shape index (κ2) is 6.78. The highest BCUT2D eigenvalue weighted by molar-refractivity contribution is 5.88. The Bertz CT molecular complexity index is 417. The van der Waals surface area contributed by atoms with E-state index in [4.69, 9.17) is 10.5 Å². The molecular formula is C14H25N3O4. The molecule has 1 unspecified atom stereocenters. The Morgan fingerprint density at radius 3 is 2.52 bits per heavy atom. The molecule has 7 nitrogen and oxygen atoms in total. The van der Waals surface area contributed by atoms with Gasteiger partial charge in [0.2, 0.25) is 11.8 Å². The van der Waals surface area contributed by atoms with Crippen LogP contribution in [0.5, 0.6) is 0 Å². The third-order valence-electron chi connectivity index (χ3n) is 3.24. The Morgan fingerprint density at radius 2 is 2.05 bits per heavy atom. The molecule has 2 N–H and O–H groups in total. The number of likely N-dealkylation sites (tertiary alicyclic amines) is 1. The van der Waals surface area contributed by atoms with Crippen molar-refractivity contribution in [3.8, 4) is 0 Å². The van der Waals surface area contributed by atoms with Crippen LogP contribution >= 0.6 is 0 Å². The highest BCUT2D eigenvalue weighted by Crippen LogP contribution is 2.17. The topological polar surface area (TPSA) is 92.9 Å². The molecule has 1 aliphatic rings. The molecule has 3 amide bonds. The summed E-state index contributed by atoms with van der Waals surface area (Å²) >= 11 is 0. The lowest BCUT2D eigenvalue weighted by Crippen LogP contribution is -2.36. The van der Waals surface area contributed by atoms with Crippen molar-refractivity contribution in [3.63, 3.8) is 0 Å². The summed E-state index contributed by atoms with van der Waals surface area (Å²) in [5.41, 5.74) is 4.69. The molecule has 0 aliphatic carbocycles. The van der Waals surface area contributed by atoms with Crippen LogP contribution < -0.4 is 5.73 Å². The Morgan fingerprint density at radius 1 is 1.43 bits per heavy atom. The molecule has 120 valence electrons. The summed E-state index contributed by atoms with van der Waals surface area (Å²) in [6.07, 6.45) is 0.440. The van der Waals surface area contributed by atoms with Gasteiger partial charge in [0.15, 0.2) is 0 Å². The van der Waals surface area contributed by atoms with Crippen LogP contribution in [0.4, 0.5) is 4.79 Å². The van der Waals surface area contributed by atoms with E-state index in [1.54, 1.807) is 11.9 Å². The van der Waals surface area contributed by atoms with Gasteiger partial charge in [-0.2, -0.15) is 0 Å². The van der Waals surface area contributed by atoms with Crippen LogP contribution in [0.15, 0.2) is 0 Å². The summed E-state index contributed by atoms with van der Waals surface area (Å²) in [7, 11) is 1.66. The van der Waals surface area contributed by atoms with Gasteiger partial charge in [-0.1, -0.05) is 0 Å². The van der Waals surface area contributed by atoms with Crippen LogP contribution in [0.1, 0.15) is 33.6 Å². The molecule has 0 aromatic heterocycles. The molecule has 1 atom stereocenters. The third-order valence-corrected chi connectivity index (χ3v) is 3.24. The number of carbonyl (C=O) groups is 3. The quantitative estimate of drug-likeness (QED) is 0.803. The fourth-order valence-corrected chi connectivity index (χ4v) is 2.11. The van der Waals surface area contributed by atoms with Crippen molar-refractivity contribution in [1.82, 2.24) is 9.80 Å². The fourth-order valence-electron chi connectivity index (χ4n) is 2.11. The first-order valence-electron chi connectivity index (χ1n) is 7.11. The number of amides is 3. The van der Waals surface area contributed by atoms with Crippen molar-refractivity contribution in [3.05, 3.63) is 0 Å². The van der Waals surface area contributed by atoms with Gasteiger partial charge in [0.1, 0.15) is 5.60 Å². The summed E-state index contributed by atoms with van der Waals surface area (Å²) in [5, 5.41) is 0. The minimum Gasteiger partial charge on any atom is -0.444 e. The minimum atomic E-state index is -0.523. The summed E-state index contributed by atoms with van der Waals surface area (Å²) in [5.74, 6) is -0.878. The smallest absolute Gasteiger partial charge is 0.410 e. The largest absolute Gasteiger partial charge is 0.444 e. The summed E-state index contributed by atoms with van der Waals surface area (Å²) < 4.78 is 5.24. The lowest BCUT2D eigenvalue weighted by atomic mass is 10.1. The fraction of sp³-hybridized carbons (Fsp3) is 0.786. The molecule has 0 bridgehead atoms. The van der Waals surface area contributed by atoms with Crippen molar-refractivity contribution in [2.45, 2.75) is 39.2 Å². The molecule has 7 heteroatoms. The van der Waals surface area contributed by atoms with Gasteiger partial charge in [-0.05, 0) is 27.2 Å². The number of nitrogens with zero attached hydrogens (tertiary/aromatic N) is 2. The average molecular weight is 299 g/mol. The molecule has 1 rings (SSSR count). The van der Waals surface area contributed by atoms with E-state index in [9.17, 15) is 14.4 Å². The highest BCUT2D eigenvalue weighted by atomic mass is 16.6. The normalized spacial score (nSPS) is 18.8. The van der Waals surface area contributed by atoms with Gasteiger partial charge in [-0.25, -0.2) is 4.79 Å². The van der Waals surface area contributed by atoms with Crippen molar-refractivity contribution in [2.24, 2.45) is 11.7 Å². The van der Waals surface area contributed by atoms with Crippen molar-refractivity contribution < 1.29 is 19.1 Å². The second-order valence-electron chi connectivity index (χ2n) is 6.40. The zero-order valence-corrected chi connectivity index (χ0v) is 13.2. The molecule has 1 aliphatic heterocycles. The average Bonchev–Trinajstić information content (AvgIpc) is 2.69. The van der Waals surface area contributed by atoms with Crippen molar-refractivity contribution in [2.75, 3.05) is 26.7 Å². The van der Waals surface area contributed by atoms with Crippen LogP contribution in [0.2, 0.25) is 0 Å². The maximum Gasteiger partial charge on any atom is 0.410 e. The molecule has 0 saturated carbocycles. The highest BCUT2D eigenvalue weighted by Gasteiger charge is 2.32. The van der Waals surface area contributed by atoms with E-state index >= 15 is 0 Å². The predicted molar refractivity (Wildman–Crippen MR) is 77.4 cm³/mol. The minimum absolute atomic E-state index is 0.0567. The summed E-state index contributed by atoms with van der Waals surface area (Å²) in [6, 6.07) is 0. The van der Waals surface area contributed by atoms with Gasteiger partial charge in [0, 0.05) is 33.1 Å². The van der Waals surface area contributed by atoms with Gasteiger partial charge in [0.25, 0.3) is 0 Å². The van der Waals surface area contributed by atoms with E-state index in [0.29, 0.717) is 26.1 Å². The predicted octanol–water partition coefficient (Wildman–Crippen LogP) is 0.577. The Hall–Kier alpha value is -1.79. The van der Waals surface area contributed by atoms with Crippen LogP contribution in [-0.4, -0.2) is 60.0 Å². The molecule has 0 aromatic carbocycles. The summed E-state index contributed by atoms with van der Waals surface area (Å²) in [6.45, 7) is 6.81. The Kier molecular flexibility index (Phi) is 5.57. The molecular weight excluding hydrogens is 274 g/mol. The molecule has 0 spiro atoms. The molecule has 21 heavy (non-hydrogen) atoms. The third kappa shape index (κ3) is 5.61. The van der Waals surface area contributed by atoms with E-state index in [0.717, 1.165) is 0 Å². The molecule has 1 heterocycles. The molecule has 0 aromatic rings. The van der Waals surface area contributed by atoms with E-state index in [1.165, 1.54) is 4.90 Å². The van der Waals surface area contributed by atoms with Crippen LogP contribution in [0.3, 0.4) is 0 Å². The van der Waals surface area contributed by atoms with Gasteiger partial charge in [-0.3, -0.25) is 9.59 Å². The van der Waals surface area contributed by atoms with Crippen LogP contribution in [0.25, 0.3) is 0 Å². The Balaban J connectivity index is 2.32. The van der Waals surface area contributed by atoms with E-state index in [2.05, 4.69) is 0 Å². The number of hydrogen-bond donors (Lipinski definition) is 1.